The fourth-order valence-electron chi connectivity index (χ4n) is 4.79. The number of carbonyl (C=O) groups excluding carboxylic acids is 4. The molecule has 2 saturated heterocycles. The van der Waals surface area contributed by atoms with Crippen LogP contribution in [0.1, 0.15) is 51.9 Å². The predicted octanol–water partition coefficient (Wildman–Crippen LogP) is -2.56. The molecule has 2 aliphatic heterocycles. The number of nitrogens with zero attached hydrogens (tertiary/aromatic N) is 2. The van der Waals surface area contributed by atoms with E-state index >= 15 is 0 Å². The van der Waals surface area contributed by atoms with E-state index in [1.54, 1.807) is 0 Å². The molecule has 0 spiro atoms. The van der Waals surface area contributed by atoms with E-state index in [2.05, 4.69) is 27.9 Å². The molecule has 12 nitrogen and oxygen atoms in total. The van der Waals surface area contributed by atoms with Crippen LogP contribution in [0.15, 0.2) is 4.99 Å². The smallest absolute Gasteiger partial charge is 0.241 e. The van der Waals surface area contributed by atoms with Gasteiger partial charge in [-0.2, -0.15) is 0 Å². The number of unbranched alkanes of at least 4 members (excludes halogenated alkanes) is 1. The SMILES string of the molecule is CCCC[C@H]1NC[C@H](C(=O)C2(N3C[C@H](C(N)=O)NC(=O)[C@H]3CCCN=C(N)N)CC2)NC1=O. The molecular weight excluding hydrogens is 428 g/mol. The monoisotopic (exact) mass is 464 g/mol. The molecule has 3 rings (SSSR count). The molecule has 4 atom stereocenters. The highest BCUT2D eigenvalue weighted by molar-refractivity contribution is 6.00. The van der Waals surface area contributed by atoms with Crippen molar-refractivity contribution in [2.24, 2.45) is 22.2 Å². The number of piperazine rings is 2. The van der Waals surface area contributed by atoms with E-state index in [0.717, 1.165) is 19.3 Å². The molecule has 184 valence electrons. The largest absolute Gasteiger partial charge is 0.370 e. The Bertz CT molecular complexity index is 808. The van der Waals surface area contributed by atoms with Gasteiger partial charge in [0.15, 0.2) is 11.7 Å². The van der Waals surface area contributed by atoms with Crippen LogP contribution < -0.4 is 33.2 Å². The van der Waals surface area contributed by atoms with Crippen LogP contribution in [-0.2, 0) is 19.2 Å². The van der Waals surface area contributed by atoms with E-state index in [0.29, 0.717) is 38.8 Å². The number of guanidine groups is 1. The summed E-state index contributed by atoms with van der Waals surface area (Å²) in [5.41, 5.74) is 15.3. The zero-order valence-corrected chi connectivity index (χ0v) is 19.1. The van der Waals surface area contributed by atoms with Gasteiger partial charge in [0.25, 0.3) is 0 Å². The quantitative estimate of drug-likeness (QED) is 0.109. The lowest BCUT2D eigenvalue weighted by Crippen LogP contribution is -2.70. The van der Waals surface area contributed by atoms with Gasteiger partial charge in [0.05, 0.1) is 17.6 Å². The molecule has 0 unspecified atom stereocenters. The second-order valence-corrected chi connectivity index (χ2v) is 9.14. The van der Waals surface area contributed by atoms with E-state index < -0.39 is 29.6 Å². The van der Waals surface area contributed by atoms with Crippen molar-refractivity contribution in [3.8, 4) is 0 Å². The number of ketones is 1. The first kappa shape index (κ1) is 24.9. The third-order valence-electron chi connectivity index (χ3n) is 6.74. The van der Waals surface area contributed by atoms with Crippen LogP contribution in [0.3, 0.4) is 0 Å². The highest BCUT2D eigenvalue weighted by Gasteiger charge is 2.60. The Labute approximate surface area is 193 Å². The minimum atomic E-state index is -0.901. The van der Waals surface area contributed by atoms with Crippen molar-refractivity contribution in [1.29, 1.82) is 0 Å². The van der Waals surface area contributed by atoms with Gasteiger partial charge in [-0.05, 0) is 32.1 Å². The van der Waals surface area contributed by atoms with Crippen molar-refractivity contribution < 1.29 is 19.2 Å². The van der Waals surface area contributed by atoms with Crippen molar-refractivity contribution in [2.45, 2.75) is 81.6 Å². The molecule has 12 heteroatoms. The highest BCUT2D eigenvalue weighted by Crippen LogP contribution is 2.46. The summed E-state index contributed by atoms with van der Waals surface area (Å²) in [6.45, 7) is 2.90. The zero-order chi connectivity index (χ0) is 24.2. The Kier molecular flexibility index (Phi) is 7.90. The Hall–Kier alpha value is -2.73. The summed E-state index contributed by atoms with van der Waals surface area (Å²) in [4.78, 5) is 56.6. The van der Waals surface area contributed by atoms with Crippen molar-refractivity contribution in [3.05, 3.63) is 0 Å². The molecule has 0 aromatic heterocycles. The molecule has 1 aliphatic carbocycles. The molecule has 3 amide bonds. The average Bonchev–Trinajstić information content (AvgIpc) is 3.57. The number of primary amides is 1. The molecule has 2 heterocycles. The summed E-state index contributed by atoms with van der Waals surface area (Å²) >= 11 is 0. The van der Waals surface area contributed by atoms with Crippen LogP contribution in [0.4, 0.5) is 0 Å². The van der Waals surface area contributed by atoms with E-state index in [-0.39, 0.29) is 36.1 Å². The molecular formula is C21H36N8O4. The Morgan fingerprint density at radius 2 is 1.76 bits per heavy atom. The van der Waals surface area contributed by atoms with Crippen LogP contribution in [0, 0.1) is 0 Å². The van der Waals surface area contributed by atoms with Crippen LogP contribution in [-0.4, -0.2) is 83.7 Å². The predicted molar refractivity (Wildman–Crippen MR) is 122 cm³/mol. The number of amides is 3. The summed E-state index contributed by atoms with van der Waals surface area (Å²) in [7, 11) is 0. The van der Waals surface area contributed by atoms with Gasteiger partial charge in [-0.3, -0.25) is 29.1 Å². The zero-order valence-electron chi connectivity index (χ0n) is 19.1. The van der Waals surface area contributed by atoms with Gasteiger partial charge in [0, 0.05) is 19.6 Å². The Balaban J connectivity index is 1.74. The molecule has 3 fully saturated rings. The first-order chi connectivity index (χ1) is 15.7. The van der Waals surface area contributed by atoms with Gasteiger partial charge >= 0.3 is 0 Å². The van der Waals surface area contributed by atoms with Crippen LogP contribution in [0.2, 0.25) is 0 Å². The summed E-state index contributed by atoms with van der Waals surface area (Å²) in [5.74, 6) is -1.34. The molecule has 0 aromatic rings. The van der Waals surface area contributed by atoms with E-state index in [1.807, 2.05) is 4.90 Å². The van der Waals surface area contributed by atoms with Crippen molar-refractivity contribution >= 4 is 29.5 Å². The second-order valence-electron chi connectivity index (χ2n) is 9.14. The maximum atomic E-state index is 13.6. The number of hydrogen-bond donors (Lipinski definition) is 6. The van der Waals surface area contributed by atoms with E-state index in [4.69, 9.17) is 17.2 Å². The number of rotatable bonds is 11. The molecule has 0 aromatic carbocycles. The highest BCUT2D eigenvalue weighted by atomic mass is 16.2. The minimum Gasteiger partial charge on any atom is -0.370 e. The van der Waals surface area contributed by atoms with Crippen molar-refractivity contribution in [2.75, 3.05) is 19.6 Å². The molecule has 33 heavy (non-hydrogen) atoms. The van der Waals surface area contributed by atoms with E-state index in [9.17, 15) is 19.2 Å². The lowest BCUT2D eigenvalue weighted by molar-refractivity contribution is -0.144. The standard InChI is InChI=1S/C21H36N8O4/c1-2-3-5-12-18(32)27-13(10-26-12)16(30)21(7-8-21)29-11-14(17(22)31)28-19(33)15(29)6-4-9-25-20(23)24/h12-15,26H,2-11H2,1H3,(H2,22,31)(H,27,32)(H,28,33)(H4,23,24,25)/t12-,13-,14-,15-/m1/s1. The minimum absolute atomic E-state index is 0.0274. The summed E-state index contributed by atoms with van der Waals surface area (Å²) < 4.78 is 0. The van der Waals surface area contributed by atoms with E-state index in [1.165, 1.54) is 0 Å². The average molecular weight is 465 g/mol. The number of nitrogens with one attached hydrogen (secondary N) is 3. The number of nitrogens with two attached hydrogens (primary N) is 3. The number of carbonyl (C=O) groups is 4. The van der Waals surface area contributed by atoms with Crippen molar-refractivity contribution in [3.63, 3.8) is 0 Å². The lowest BCUT2D eigenvalue weighted by atomic mass is 9.92. The summed E-state index contributed by atoms with van der Waals surface area (Å²) in [6, 6.07) is -2.48. The second kappa shape index (κ2) is 10.5. The first-order valence-corrected chi connectivity index (χ1v) is 11.7. The third kappa shape index (κ3) is 5.61. The maximum Gasteiger partial charge on any atom is 0.241 e. The van der Waals surface area contributed by atoms with Gasteiger partial charge in [-0.15, -0.1) is 0 Å². The van der Waals surface area contributed by atoms with Crippen LogP contribution in [0.25, 0.3) is 0 Å². The molecule has 9 N–H and O–H groups in total. The molecule has 0 radical (unpaired) electrons. The van der Waals surface area contributed by atoms with Gasteiger partial charge < -0.3 is 33.2 Å². The Morgan fingerprint density at radius 1 is 1.06 bits per heavy atom. The van der Waals surface area contributed by atoms with Gasteiger partial charge in [-0.1, -0.05) is 19.8 Å². The molecule has 0 bridgehead atoms. The van der Waals surface area contributed by atoms with Crippen molar-refractivity contribution in [1.82, 2.24) is 20.9 Å². The summed E-state index contributed by atoms with van der Waals surface area (Å²) in [5, 5.41) is 8.73. The normalized spacial score (nSPS) is 29.0. The van der Waals surface area contributed by atoms with Crippen LogP contribution >= 0.6 is 0 Å². The number of Topliss-reactive ketones (excluding diaryl/α,β-unsaturated/α-hetero) is 1. The molecule has 1 saturated carbocycles. The van der Waals surface area contributed by atoms with Crippen LogP contribution in [0.5, 0.6) is 0 Å². The van der Waals surface area contributed by atoms with Gasteiger partial charge in [0.1, 0.15) is 12.1 Å². The first-order valence-electron chi connectivity index (χ1n) is 11.7. The summed E-state index contributed by atoms with van der Waals surface area (Å²) in [6.07, 6.45) is 4.68. The number of hydrogen-bond acceptors (Lipinski definition) is 7. The Morgan fingerprint density at radius 3 is 2.33 bits per heavy atom. The van der Waals surface area contributed by atoms with Gasteiger partial charge in [0.2, 0.25) is 17.7 Å². The topological polar surface area (TPSA) is 198 Å². The van der Waals surface area contributed by atoms with Gasteiger partial charge in [-0.25, -0.2) is 0 Å². The maximum absolute atomic E-state index is 13.6. The third-order valence-corrected chi connectivity index (χ3v) is 6.74. The fourth-order valence-corrected chi connectivity index (χ4v) is 4.79. The number of aliphatic imine (C=N–C) groups is 1. The lowest BCUT2D eigenvalue weighted by Gasteiger charge is -2.44. The molecule has 3 aliphatic rings. The fraction of sp³-hybridized carbons (Fsp3) is 0.762.